The molecule has 0 aliphatic carbocycles. The van der Waals surface area contributed by atoms with Crippen molar-refractivity contribution in [1.82, 2.24) is 10.6 Å². The van der Waals surface area contributed by atoms with Crippen LogP contribution in [-0.2, 0) is 16.0 Å². The summed E-state index contributed by atoms with van der Waals surface area (Å²) in [4.78, 5) is 36.0. The van der Waals surface area contributed by atoms with E-state index in [1.807, 2.05) is 38.1 Å². The van der Waals surface area contributed by atoms with Crippen molar-refractivity contribution in [1.29, 1.82) is 0 Å². The van der Waals surface area contributed by atoms with Gasteiger partial charge in [0.25, 0.3) is 0 Å². The van der Waals surface area contributed by atoms with Crippen LogP contribution in [0.15, 0.2) is 24.3 Å². The normalized spacial score (nSPS) is 13.4. The minimum Gasteiger partial charge on any atom is -0.352 e. The van der Waals surface area contributed by atoms with E-state index in [2.05, 4.69) is 36.7 Å². The fraction of sp³-hybridized carbons (Fsp3) is 0.591. The van der Waals surface area contributed by atoms with Gasteiger partial charge in [-0.25, -0.2) is 4.79 Å². The van der Waals surface area contributed by atoms with Crippen LogP contribution in [0.25, 0.3) is 0 Å². The van der Waals surface area contributed by atoms with Crippen molar-refractivity contribution in [3.63, 3.8) is 0 Å². The molecular formula is C22H37N5O3. The molecule has 0 spiro atoms. The van der Waals surface area contributed by atoms with Crippen molar-refractivity contribution in [3.8, 4) is 0 Å². The van der Waals surface area contributed by atoms with Crippen LogP contribution in [-0.4, -0.2) is 36.5 Å². The van der Waals surface area contributed by atoms with E-state index in [1.54, 1.807) is 0 Å². The average molecular weight is 420 g/mol. The Morgan fingerprint density at radius 3 is 2.13 bits per heavy atom. The Balaban J connectivity index is 2.79. The summed E-state index contributed by atoms with van der Waals surface area (Å²) in [5, 5.41) is 8.06. The predicted octanol–water partition coefficient (Wildman–Crippen LogP) is 2.13. The smallest absolute Gasteiger partial charge is 0.312 e. The lowest BCUT2D eigenvalue weighted by molar-refractivity contribution is -0.128. The number of carbonyl (C=O) groups excluding carboxylic acids is 3. The first-order chi connectivity index (χ1) is 13.9. The number of hydrogen-bond acceptors (Lipinski definition) is 4. The molecule has 0 radical (unpaired) electrons. The summed E-state index contributed by atoms with van der Waals surface area (Å²) >= 11 is 0. The third kappa shape index (κ3) is 9.73. The summed E-state index contributed by atoms with van der Waals surface area (Å²) in [6.45, 7) is 10.5. The van der Waals surface area contributed by atoms with Crippen LogP contribution in [0.4, 0.5) is 10.5 Å². The lowest BCUT2D eigenvalue weighted by atomic mass is 9.88. The van der Waals surface area contributed by atoms with E-state index in [0.717, 1.165) is 6.42 Å². The molecule has 7 N–H and O–H groups in total. The van der Waals surface area contributed by atoms with Crippen molar-refractivity contribution in [3.05, 3.63) is 29.8 Å². The molecule has 2 atom stereocenters. The van der Waals surface area contributed by atoms with Crippen LogP contribution in [0.2, 0.25) is 0 Å². The van der Waals surface area contributed by atoms with E-state index >= 15 is 0 Å². The predicted molar refractivity (Wildman–Crippen MR) is 120 cm³/mol. The average Bonchev–Trinajstić information content (AvgIpc) is 2.63. The molecular weight excluding hydrogens is 382 g/mol. The standard InChI is InChI=1S/C22H37N5O3/c1-14(2)18(23)20(29)27-17(7-6-12-25-21(24)30)19(28)26-16-10-8-15(9-11-16)13-22(3,4)5/h8-11,14,17-18H,6-7,12-13,23H2,1-5H3,(H,26,28)(H,27,29)(H3,24,25,30)/t17-,18-/m0/s1. The van der Waals surface area contributed by atoms with Gasteiger partial charge < -0.3 is 27.4 Å². The van der Waals surface area contributed by atoms with Gasteiger partial charge in [-0.2, -0.15) is 0 Å². The maximum Gasteiger partial charge on any atom is 0.312 e. The third-order valence-electron chi connectivity index (χ3n) is 4.58. The minimum absolute atomic E-state index is 0.0550. The number of rotatable bonds is 10. The molecule has 8 heteroatoms. The number of nitrogens with one attached hydrogen (secondary N) is 3. The van der Waals surface area contributed by atoms with Crippen LogP contribution in [0.5, 0.6) is 0 Å². The molecule has 0 aliphatic rings. The van der Waals surface area contributed by atoms with Crippen molar-refractivity contribution >= 4 is 23.5 Å². The fourth-order valence-electron chi connectivity index (χ4n) is 2.90. The van der Waals surface area contributed by atoms with E-state index in [0.29, 0.717) is 25.1 Å². The van der Waals surface area contributed by atoms with Crippen LogP contribution < -0.4 is 27.4 Å². The fourth-order valence-corrected chi connectivity index (χ4v) is 2.90. The number of hydrogen-bond donors (Lipinski definition) is 5. The number of anilines is 1. The lowest BCUT2D eigenvalue weighted by Crippen LogP contribution is -2.51. The third-order valence-corrected chi connectivity index (χ3v) is 4.58. The van der Waals surface area contributed by atoms with Gasteiger partial charge in [0.15, 0.2) is 0 Å². The van der Waals surface area contributed by atoms with Gasteiger partial charge in [-0.1, -0.05) is 46.8 Å². The first-order valence-electron chi connectivity index (χ1n) is 10.4. The van der Waals surface area contributed by atoms with E-state index < -0.39 is 18.1 Å². The Labute approximate surface area is 179 Å². The minimum atomic E-state index is -0.772. The van der Waals surface area contributed by atoms with Gasteiger partial charge in [0.1, 0.15) is 6.04 Å². The largest absolute Gasteiger partial charge is 0.352 e. The second-order valence-electron chi connectivity index (χ2n) is 9.19. The first kappa shape index (κ1) is 25.4. The molecule has 8 nitrogen and oxygen atoms in total. The van der Waals surface area contributed by atoms with Crippen LogP contribution in [0.1, 0.15) is 53.0 Å². The monoisotopic (exact) mass is 419 g/mol. The Hall–Kier alpha value is -2.61. The zero-order valence-electron chi connectivity index (χ0n) is 18.7. The molecule has 30 heavy (non-hydrogen) atoms. The number of amides is 4. The Bertz CT molecular complexity index is 710. The highest BCUT2D eigenvalue weighted by atomic mass is 16.2. The zero-order chi connectivity index (χ0) is 22.9. The van der Waals surface area contributed by atoms with Crippen molar-refractivity contribution < 1.29 is 14.4 Å². The molecule has 0 fully saturated rings. The van der Waals surface area contributed by atoms with E-state index in [4.69, 9.17) is 11.5 Å². The van der Waals surface area contributed by atoms with Crippen molar-refractivity contribution in [2.45, 2.75) is 66.0 Å². The highest BCUT2D eigenvalue weighted by molar-refractivity contribution is 5.97. The lowest BCUT2D eigenvalue weighted by Gasteiger charge is -2.22. The Morgan fingerprint density at radius 2 is 1.63 bits per heavy atom. The molecule has 1 rings (SSSR count). The molecule has 0 aliphatic heterocycles. The number of primary amides is 1. The zero-order valence-corrected chi connectivity index (χ0v) is 18.7. The van der Waals surface area contributed by atoms with Gasteiger partial charge in [-0.3, -0.25) is 9.59 Å². The molecule has 0 unspecified atom stereocenters. The van der Waals surface area contributed by atoms with Gasteiger partial charge in [0.05, 0.1) is 6.04 Å². The van der Waals surface area contributed by atoms with Crippen molar-refractivity contribution in [2.24, 2.45) is 22.8 Å². The first-order valence-corrected chi connectivity index (χ1v) is 10.4. The highest BCUT2D eigenvalue weighted by Gasteiger charge is 2.25. The van der Waals surface area contributed by atoms with E-state index in [9.17, 15) is 14.4 Å². The van der Waals surface area contributed by atoms with E-state index in [-0.39, 0.29) is 23.1 Å². The maximum atomic E-state index is 12.8. The van der Waals surface area contributed by atoms with Gasteiger partial charge >= 0.3 is 6.03 Å². The summed E-state index contributed by atoms with van der Waals surface area (Å²) in [5.74, 6) is -0.768. The summed E-state index contributed by atoms with van der Waals surface area (Å²) in [6, 6.07) is 5.57. The van der Waals surface area contributed by atoms with Crippen LogP contribution >= 0.6 is 0 Å². The van der Waals surface area contributed by atoms with E-state index in [1.165, 1.54) is 5.56 Å². The molecule has 1 aromatic carbocycles. The van der Waals surface area contributed by atoms with Gasteiger partial charge in [0, 0.05) is 12.2 Å². The summed E-state index contributed by atoms with van der Waals surface area (Å²) in [6.07, 6.45) is 1.74. The van der Waals surface area contributed by atoms with Crippen LogP contribution in [0.3, 0.4) is 0 Å². The number of nitrogens with two attached hydrogens (primary N) is 2. The molecule has 1 aromatic rings. The molecule has 0 saturated carbocycles. The summed E-state index contributed by atoms with van der Waals surface area (Å²) in [7, 11) is 0. The van der Waals surface area contributed by atoms with Gasteiger partial charge in [-0.05, 0) is 48.3 Å². The number of benzene rings is 1. The molecule has 4 amide bonds. The molecule has 0 bridgehead atoms. The second-order valence-corrected chi connectivity index (χ2v) is 9.19. The van der Waals surface area contributed by atoms with Crippen molar-refractivity contribution in [2.75, 3.05) is 11.9 Å². The highest BCUT2D eigenvalue weighted by Crippen LogP contribution is 2.21. The molecule has 168 valence electrons. The number of carbonyl (C=O) groups is 3. The molecule has 0 heterocycles. The SMILES string of the molecule is CC(C)[C@H](N)C(=O)N[C@@H](CCCNC(N)=O)C(=O)Nc1ccc(CC(C)(C)C)cc1. The summed E-state index contributed by atoms with van der Waals surface area (Å²) < 4.78 is 0. The molecule has 0 aromatic heterocycles. The quantitative estimate of drug-likeness (QED) is 0.371. The summed E-state index contributed by atoms with van der Waals surface area (Å²) in [5.41, 5.74) is 13.0. The van der Waals surface area contributed by atoms with Gasteiger partial charge in [0.2, 0.25) is 11.8 Å². The molecule has 0 saturated heterocycles. The Kier molecular flexibility index (Phi) is 9.78. The number of urea groups is 1. The second kappa shape index (κ2) is 11.5. The maximum absolute atomic E-state index is 12.8. The topological polar surface area (TPSA) is 139 Å². The van der Waals surface area contributed by atoms with Crippen LogP contribution in [0, 0.1) is 11.3 Å². The Morgan fingerprint density at radius 1 is 1.03 bits per heavy atom. The van der Waals surface area contributed by atoms with Gasteiger partial charge in [-0.15, -0.1) is 0 Å².